The summed E-state index contributed by atoms with van der Waals surface area (Å²) >= 11 is 0. The molecule has 0 amide bonds. The molecule has 23 heavy (non-hydrogen) atoms. The maximum Gasteiger partial charge on any atom is 0.234 e. The standard InChI is InChI=1S/C18H30N4O/c1-13(2)16-20-17(23-21-16)18-7-3-6-15(18)11-22(12-18)10-14-5-4-8-19-9-14/h13-15,19H,3-12H2,1-2H3/t14?,15-,18-/m1/s1. The molecule has 1 N–H and O–H groups in total. The van der Waals surface area contributed by atoms with Gasteiger partial charge in [0.15, 0.2) is 5.82 Å². The lowest BCUT2D eigenvalue weighted by Crippen LogP contribution is -2.39. The molecule has 1 unspecified atom stereocenters. The number of nitrogens with one attached hydrogen (secondary N) is 1. The minimum atomic E-state index is 0.141. The summed E-state index contributed by atoms with van der Waals surface area (Å²) in [4.78, 5) is 7.47. The molecule has 5 nitrogen and oxygen atoms in total. The SMILES string of the molecule is CC(C)c1noc([C@@]23CCC[C@@H]2CN(CC2CCCNC2)C3)n1. The molecule has 0 radical (unpaired) electrons. The zero-order valence-corrected chi connectivity index (χ0v) is 14.6. The van der Waals surface area contributed by atoms with Crippen LogP contribution in [-0.4, -0.2) is 47.8 Å². The fraction of sp³-hybridized carbons (Fsp3) is 0.889. The number of piperidine rings is 1. The molecule has 3 aliphatic rings. The first-order valence-corrected chi connectivity index (χ1v) is 9.44. The number of rotatable bonds is 4. The van der Waals surface area contributed by atoms with E-state index >= 15 is 0 Å². The van der Waals surface area contributed by atoms with E-state index in [1.165, 1.54) is 58.3 Å². The number of nitrogens with zero attached hydrogens (tertiary/aromatic N) is 3. The summed E-state index contributed by atoms with van der Waals surface area (Å²) in [5.74, 6) is 3.66. The Bertz CT molecular complexity index is 537. The fourth-order valence-electron chi connectivity index (χ4n) is 5.00. The predicted molar refractivity (Wildman–Crippen MR) is 89.4 cm³/mol. The highest BCUT2D eigenvalue weighted by Gasteiger charge is 2.54. The summed E-state index contributed by atoms with van der Waals surface area (Å²) in [5, 5.41) is 7.79. The number of likely N-dealkylation sites (tertiary alicyclic amines) is 1. The van der Waals surface area contributed by atoms with Crippen molar-refractivity contribution in [2.45, 2.75) is 57.3 Å². The van der Waals surface area contributed by atoms with Crippen LogP contribution in [0.15, 0.2) is 4.52 Å². The molecule has 1 saturated carbocycles. The smallest absolute Gasteiger partial charge is 0.234 e. The number of hydrogen-bond acceptors (Lipinski definition) is 5. The molecule has 5 heteroatoms. The second-order valence-corrected chi connectivity index (χ2v) is 8.26. The van der Waals surface area contributed by atoms with Gasteiger partial charge in [-0.3, -0.25) is 0 Å². The zero-order valence-electron chi connectivity index (χ0n) is 14.6. The average Bonchev–Trinajstić information content (AvgIpc) is 3.21. The van der Waals surface area contributed by atoms with Gasteiger partial charge in [-0.05, 0) is 50.6 Å². The van der Waals surface area contributed by atoms with Crippen LogP contribution in [0.2, 0.25) is 0 Å². The van der Waals surface area contributed by atoms with Crippen molar-refractivity contribution in [1.29, 1.82) is 0 Å². The van der Waals surface area contributed by atoms with Crippen LogP contribution in [0.25, 0.3) is 0 Å². The molecule has 0 aromatic carbocycles. The molecular weight excluding hydrogens is 288 g/mol. The molecule has 4 rings (SSSR count). The second kappa shape index (κ2) is 6.17. The van der Waals surface area contributed by atoms with Gasteiger partial charge in [0.05, 0.1) is 5.41 Å². The molecule has 0 spiro atoms. The Morgan fingerprint density at radius 2 is 2.26 bits per heavy atom. The highest BCUT2D eigenvalue weighted by Crippen LogP contribution is 2.50. The fourth-order valence-corrected chi connectivity index (χ4v) is 5.00. The average molecular weight is 318 g/mol. The van der Waals surface area contributed by atoms with Gasteiger partial charge in [-0.2, -0.15) is 4.98 Å². The van der Waals surface area contributed by atoms with E-state index in [1.54, 1.807) is 0 Å². The molecular formula is C18H30N4O. The third-order valence-electron chi connectivity index (χ3n) is 6.24. The highest BCUT2D eigenvalue weighted by atomic mass is 16.5. The minimum absolute atomic E-state index is 0.141. The first kappa shape index (κ1) is 15.6. The Kier molecular flexibility index (Phi) is 4.18. The summed E-state index contributed by atoms with van der Waals surface area (Å²) in [6.45, 7) is 10.2. The molecule has 2 aliphatic heterocycles. The van der Waals surface area contributed by atoms with Gasteiger partial charge >= 0.3 is 0 Å². The molecule has 0 bridgehead atoms. The Labute approximate surface area is 139 Å². The van der Waals surface area contributed by atoms with Gasteiger partial charge in [-0.25, -0.2) is 0 Å². The molecule has 1 aliphatic carbocycles. The normalized spacial score (nSPS) is 35.1. The molecule has 128 valence electrons. The topological polar surface area (TPSA) is 54.2 Å². The molecule has 2 saturated heterocycles. The van der Waals surface area contributed by atoms with Gasteiger partial charge in [0.2, 0.25) is 5.89 Å². The van der Waals surface area contributed by atoms with E-state index in [-0.39, 0.29) is 5.41 Å². The lowest BCUT2D eigenvalue weighted by Gasteiger charge is -2.29. The quantitative estimate of drug-likeness (QED) is 0.924. The monoisotopic (exact) mass is 318 g/mol. The van der Waals surface area contributed by atoms with Gasteiger partial charge < -0.3 is 14.7 Å². The van der Waals surface area contributed by atoms with Crippen LogP contribution in [0.1, 0.15) is 63.6 Å². The third-order valence-corrected chi connectivity index (χ3v) is 6.24. The Hall–Kier alpha value is -0.940. The van der Waals surface area contributed by atoms with E-state index in [0.29, 0.717) is 11.8 Å². The van der Waals surface area contributed by atoms with E-state index in [4.69, 9.17) is 9.51 Å². The number of fused-ring (bicyclic) bond motifs is 1. The van der Waals surface area contributed by atoms with Crippen LogP contribution >= 0.6 is 0 Å². The molecule has 3 atom stereocenters. The Balaban J connectivity index is 1.49. The number of hydrogen-bond donors (Lipinski definition) is 1. The third kappa shape index (κ3) is 2.82. The molecule has 3 fully saturated rings. The minimum Gasteiger partial charge on any atom is -0.339 e. The van der Waals surface area contributed by atoms with Crippen molar-refractivity contribution in [2.24, 2.45) is 11.8 Å². The lowest BCUT2D eigenvalue weighted by atomic mass is 9.80. The van der Waals surface area contributed by atoms with E-state index in [2.05, 4.69) is 29.2 Å². The summed E-state index contributed by atoms with van der Waals surface area (Å²) < 4.78 is 5.75. The van der Waals surface area contributed by atoms with E-state index in [9.17, 15) is 0 Å². The van der Waals surface area contributed by atoms with Crippen molar-refractivity contribution in [3.05, 3.63) is 11.7 Å². The first-order valence-electron chi connectivity index (χ1n) is 9.44. The van der Waals surface area contributed by atoms with Crippen LogP contribution in [-0.2, 0) is 5.41 Å². The van der Waals surface area contributed by atoms with Crippen molar-refractivity contribution < 1.29 is 4.52 Å². The maximum absolute atomic E-state index is 5.75. The molecule has 1 aromatic heterocycles. The Morgan fingerprint density at radius 3 is 3.00 bits per heavy atom. The van der Waals surface area contributed by atoms with Gasteiger partial charge in [0.25, 0.3) is 0 Å². The predicted octanol–water partition coefficient (Wildman–Crippen LogP) is 2.55. The summed E-state index contributed by atoms with van der Waals surface area (Å²) in [7, 11) is 0. The zero-order chi connectivity index (χ0) is 15.9. The van der Waals surface area contributed by atoms with Crippen molar-refractivity contribution in [2.75, 3.05) is 32.7 Å². The molecule has 1 aromatic rings. The summed E-state index contributed by atoms with van der Waals surface area (Å²) in [6.07, 6.45) is 6.55. The van der Waals surface area contributed by atoms with Crippen LogP contribution in [0.3, 0.4) is 0 Å². The lowest BCUT2D eigenvalue weighted by molar-refractivity contribution is 0.214. The van der Waals surface area contributed by atoms with E-state index < -0.39 is 0 Å². The Morgan fingerprint density at radius 1 is 1.35 bits per heavy atom. The molecule has 3 heterocycles. The number of aromatic nitrogens is 2. The second-order valence-electron chi connectivity index (χ2n) is 8.26. The van der Waals surface area contributed by atoms with E-state index in [1.807, 2.05) is 0 Å². The van der Waals surface area contributed by atoms with Crippen molar-refractivity contribution in [3.8, 4) is 0 Å². The van der Waals surface area contributed by atoms with Gasteiger partial charge in [0.1, 0.15) is 0 Å². The summed E-state index contributed by atoms with van der Waals surface area (Å²) in [5.41, 5.74) is 0.141. The van der Waals surface area contributed by atoms with Gasteiger partial charge in [-0.15, -0.1) is 0 Å². The van der Waals surface area contributed by atoms with Gasteiger partial charge in [0, 0.05) is 25.6 Å². The first-order chi connectivity index (χ1) is 11.2. The van der Waals surface area contributed by atoms with Crippen molar-refractivity contribution in [1.82, 2.24) is 20.4 Å². The van der Waals surface area contributed by atoms with Crippen molar-refractivity contribution in [3.63, 3.8) is 0 Å². The van der Waals surface area contributed by atoms with Crippen molar-refractivity contribution >= 4 is 0 Å². The largest absolute Gasteiger partial charge is 0.339 e. The van der Waals surface area contributed by atoms with Crippen LogP contribution < -0.4 is 5.32 Å². The van der Waals surface area contributed by atoms with E-state index in [0.717, 1.165) is 24.2 Å². The highest BCUT2D eigenvalue weighted by molar-refractivity contribution is 5.17. The maximum atomic E-state index is 5.75. The summed E-state index contributed by atoms with van der Waals surface area (Å²) in [6, 6.07) is 0. The van der Waals surface area contributed by atoms with Crippen LogP contribution in [0.5, 0.6) is 0 Å². The van der Waals surface area contributed by atoms with Crippen LogP contribution in [0.4, 0.5) is 0 Å². The van der Waals surface area contributed by atoms with Gasteiger partial charge in [-0.1, -0.05) is 25.4 Å². The van der Waals surface area contributed by atoms with Crippen LogP contribution in [0, 0.1) is 11.8 Å².